The van der Waals surface area contributed by atoms with Crippen LogP contribution in [0.1, 0.15) is 36.8 Å². The minimum absolute atomic E-state index is 0.597. The van der Waals surface area contributed by atoms with Gasteiger partial charge in [0.1, 0.15) is 5.75 Å². The van der Waals surface area contributed by atoms with E-state index in [9.17, 15) is 0 Å². The van der Waals surface area contributed by atoms with Crippen LogP contribution in [0.5, 0.6) is 5.75 Å². The fourth-order valence-corrected chi connectivity index (χ4v) is 3.29. The van der Waals surface area contributed by atoms with Crippen LogP contribution < -0.4 is 10.1 Å². The number of halogens is 1. The first-order valence-electron chi connectivity index (χ1n) is 7.00. The Morgan fingerprint density at radius 1 is 1.28 bits per heavy atom. The van der Waals surface area contributed by atoms with E-state index in [2.05, 4.69) is 17.4 Å². The van der Waals surface area contributed by atoms with Gasteiger partial charge in [0.05, 0.1) is 6.61 Å². The van der Waals surface area contributed by atoms with Gasteiger partial charge in [0.2, 0.25) is 0 Å². The summed E-state index contributed by atoms with van der Waals surface area (Å²) < 4.78 is 5.96. The summed E-state index contributed by atoms with van der Waals surface area (Å²) in [5, 5.41) is 4.40. The lowest BCUT2D eigenvalue weighted by Gasteiger charge is -2.17. The van der Waals surface area contributed by atoms with Gasteiger partial charge in [-0.3, -0.25) is 0 Å². The first-order chi connectivity index (χ1) is 8.83. The van der Waals surface area contributed by atoms with E-state index < -0.39 is 0 Å². The molecule has 1 unspecified atom stereocenters. The number of hydrogen-bond acceptors (Lipinski definition) is 2. The van der Waals surface area contributed by atoms with Gasteiger partial charge >= 0.3 is 0 Å². The maximum Gasteiger partial charge on any atom is 0.125 e. The molecule has 0 radical (unpaired) electrons. The van der Waals surface area contributed by atoms with Crippen LogP contribution in [0.25, 0.3) is 0 Å². The summed E-state index contributed by atoms with van der Waals surface area (Å²) >= 11 is 6.24. The van der Waals surface area contributed by atoms with Gasteiger partial charge in [-0.2, -0.15) is 0 Å². The zero-order valence-corrected chi connectivity index (χ0v) is 11.4. The minimum atomic E-state index is 0.597. The molecule has 98 valence electrons. The summed E-state index contributed by atoms with van der Waals surface area (Å²) in [6, 6.07) is 4.76. The van der Waals surface area contributed by atoms with Gasteiger partial charge in [0.15, 0.2) is 0 Å². The maximum atomic E-state index is 6.24. The molecule has 18 heavy (non-hydrogen) atoms. The monoisotopic (exact) mass is 265 g/mol. The summed E-state index contributed by atoms with van der Waals surface area (Å²) in [6.45, 7) is 1.99. The standard InChI is InChI=1S/C15H20ClNO/c16-13-8-11-4-1-2-7-18-15(11)12(9-13)10-14-5-3-6-17-14/h8-9,14,17H,1-7,10H2. The highest BCUT2D eigenvalue weighted by molar-refractivity contribution is 6.30. The van der Waals surface area contributed by atoms with E-state index in [1.807, 2.05) is 0 Å². The molecule has 1 N–H and O–H groups in total. The summed E-state index contributed by atoms with van der Waals surface area (Å²) in [5.74, 6) is 1.12. The molecule has 2 aliphatic rings. The van der Waals surface area contributed by atoms with Crippen LogP contribution in [0, 0.1) is 0 Å². The molecule has 2 aliphatic heterocycles. The van der Waals surface area contributed by atoms with Crippen molar-refractivity contribution in [1.29, 1.82) is 0 Å². The lowest BCUT2D eigenvalue weighted by molar-refractivity contribution is 0.313. The van der Waals surface area contributed by atoms with Crippen molar-refractivity contribution in [2.24, 2.45) is 0 Å². The number of nitrogens with one attached hydrogen (secondary N) is 1. The van der Waals surface area contributed by atoms with Crippen molar-refractivity contribution in [3.8, 4) is 5.75 Å². The molecule has 0 amide bonds. The molecule has 1 atom stereocenters. The lowest BCUT2D eigenvalue weighted by Crippen LogP contribution is -2.24. The first-order valence-corrected chi connectivity index (χ1v) is 7.38. The van der Waals surface area contributed by atoms with Crippen LogP contribution in [0.3, 0.4) is 0 Å². The van der Waals surface area contributed by atoms with Gasteiger partial charge in [-0.15, -0.1) is 0 Å². The third-order valence-corrected chi connectivity index (χ3v) is 4.14. The molecule has 0 bridgehead atoms. The Morgan fingerprint density at radius 2 is 2.22 bits per heavy atom. The maximum absolute atomic E-state index is 6.24. The minimum Gasteiger partial charge on any atom is -0.493 e. The molecule has 1 aromatic carbocycles. The second-order valence-electron chi connectivity index (χ2n) is 5.36. The predicted octanol–water partition coefficient (Wildman–Crippen LogP) is 3.35. The highest BCUT2D eigenvalue weighted by atomic mass is 35.5. The molecule has 0 aliphatic carbocycles. The van der Waals surface area contributed by atoms with E-state index in [-0.39, 0.29) is 0 Å². The van der Waals surface area contributed by atoms with Crippen molar-refractivity contribution < 1.29 is 4.74 Å². The van der Waals surface area contributed by atoms with E-state index in [4.69, 9.17) is 16.3 Å². The summed E-state index contributed by atoms with van der Waals surface area (Å²) in [4.78, 5) is 0. The predicted molar refractivity (Wildman–Crippen MR) is 74.6 cm³/mol. The summed E-state index contributed by atoms with van der Waals surface area (Å²) in [7, 11) is 0. The van der Waals surface area contributed by atoms with Crippen LogP contribution >= 0.6 is 11.6 Å². The largest absolute Gasteiger partial charge is 0.493 e. The number of rotatable bonds is 2. The van der Waals surface area contributed by atoms with Crippen molar-refractivity contribution in [2.45, 2.75) is 44.6 Å². The van der Waals surface area contributed by atoms with E-state index >= 15 is 0 Å². The Hall–Kier alpha value is -0.730. The van der Waals surface area contributed by atoms with Gasteiger partial charge in [0.25, 0.3) is 0 Å². The van der Waals surface area contributed by atoms with Crippen molar-refractivity contribution in [2.75, 3.05) is 13.2 Å². The van der Waals surface area contributed by atoms with Crippen LogP contribution in [0.2, 0.25) is 5.02 Å². The Labute approximate surface area is 114 Å². The van der Waals surface area contributed by atoms with Crippen molar-refractivity contribution in [3.05, 3.63) is 28.3 Å². The fraction of sp³-hybridized carbons (Fsp3) is 0.600. The second kappa shape index (κ2) is 5.50. The van der Waals surface area contributed by atoms with Crippen molar-refractivity contribution in [1.82, 2.24) is 5.32 Å². The van der Waals surface area contributed by atoms with E-state index in [1.54, 1.807) is 0 Å². The molecule has 0 saturated carbocycles. The molecular formula is C15H20ClNO. The number of benzene rings is 1. The van der Waals surface area contributed by atoms with Crippen molar-refractivity contribution in [3.63, 3.8) is 0 Å². The Bertz CT molecular complexity index is 427. The number of fused-ring (bicyclic) bond motifs is 1. The zero-order valence-electron chi connectivity index (χ0n) is 10.7. The molecule has 1 saturated heterocycles. The quantitative estimate of drug-likeness (QED) is 0.886. The fourth-order valence-electron chi connectivity index (χ4n) is 3.02. The molecule has 1 aromatic rings. The van der Waals surface area contributed by atoms with E-state index in [1.165, 1.54) is 30.4 Å². The van der Waals surface area contributed by atoms with Crippen LogP contribution in [0.15, 0.2) is 12.1 Å². The molecule has 1 fully saturated rings. The molecule has 0 spiro atoms. The van der Waals surface area contributed by atoms with Gasteiger partial charge in [0, 0.05) is 11.1 Å². The molecule has 3 rings (SSSR count). The topological polar surface area (TPSA) is 21.3 Å². The molecule has 0 aromatic heterocycles. The van der Waals surface area contributed by atoms with Crippen LogP contribution in [0.4, 0.5) is 0 Å². The normalized spacial score (nSPS) is 23.3. The number of aryl methyl sites for hydroxylation is 1. The van der Waals surface area contributed by atoms with Gasteiger partial charge < -0.3 is 10.1 Å². The second-order valence-corrected chi connectivity index (χ2v) is 5.79. The van der Waals surface area contributed by atoms with E-state index in [0.717, 1.165) is 43.2 Å². The third kappa shape index (κ3) is 2.65. The average Bonchev–Trinajstić information content (AvgIpc) is 2.73. The summed E-state index contributed by atoms with van der Waals surface area (Å²) in [5.41, 5.74) is 2.59. The first kappa shape index (κ1) is 12.3. The SMILES string of the molecule is Clc1cc2c(c(CC3CCCN3)c1)OCCCC2. The van der Waals surface area contributed by atoms with Gasteiger partial charge in [-0.1, -0.05) is 11.6 Å². The van der Waals surface area contributed by atoms with Gasteiger partial charge in [-0.05, 0) is 68.3 Å². The Kier molecular flexibility index (Phi) is 3.76. The summed E-state index contributed by atoms with van der Waals surface area (Å²) in [6.07, 6.45) is 7.04. The van der Waals surface area contributed by atoms with Crippen LogP contribution in [-0.4, -0.2) is 19.2 Å². The van der Waals surface area contributed by atoms with E-state index in [0.29, 0.717) is 6.04 Å². The van der Waals surface area contributed by atoms with Gasteiger partial charge in [-0.25, -0.2) is 0 Å². The third-order valence-electron chi connectivity index (χ3n) is 3.92. The average molecular weight is 266 g/mol. The van der Waals surface area contributed by atoms with Crippen LogP contribution in [-0.2, 0) is 12.8 Å². The zero-order chi connectivity index (χ0) is 12.4. The number of ether oxygens (including phenoxy) is 1. The number of hydrogen-bond donors (Lipinski definition) is 1. The highest BCUT2D eigenvalue weighted by Gasteiger charge is 2.20. The molecular weight excluding hydrogens is 246 g/mol. The molecule has 2 heterocycles. The Morgan fingerprint density at radius 3 is 3.06 bits per heavy atom. The smallest absolute Gasteiger partial charge is 0.125 e. The molecule has 3 heteroatoms. The molecule has 2 nitrogen and oxygen atoms in total. The highest BCUT2D eigenvalue weighted by Crippen LogP contribution is 2.33. The lowest BCUT2D eigenvalue weighted by atomic mass is 9.99. The Balaban J connectivity index is 1.89. The van der Waals surface area contributed by atoms with Crippen molar-refractivity contribution >= 4 is 11.6 Å².